The van der Waals surface area contributed by atoms with E-state index in [9.17, 15) is 9.18 Å². The molecule has 0 aliphatic carbocycles. The first-order valence-corrected chi connectivity index (χ1v) is 8.27. The molecule has 25 heavy (non-hydrogen) atoms. The third kappa shape index (κ3) is 2.59. The van der Waals surface area contributed by atoms with E-state index in [4.69, 9.17) is 0 Å². The minimum Gasteiger partial charge on any atom is -0.308 e. The molecule has 0 unspecified atom stereocenters. The summed E-state index contributed by atoms with van der Waals surface area (Å²) in [6, 6.07) is 10.2. The Labute approximate surface area is 144 Å². The summed E-state index contributed by atoms with van der Waals surface area (Å²) in [5.74, 6) is 0.188. The fraction of sp³-hybridized carbons (Fsp3) is 0.211. The number of carbonyl (C=O) groups is 1. The van der Waals surface area contributed by atoms with E-state index in [0.29, 0.717) is 30.0 Å². The van der Waals surface area contributed by atoms with Crippen molar-refractivity contribution in [2.75, 3.05) is 11.4 Å². The number of hydrogen-bond acceptors (Lipinski definition) is 3. The molecule has 4 rings (SSSR count). The van der Waals surface area contributed by atoms with Crippen LogP contribution in [0.4, 0.5) is 10.1 Å². The lowest BCUT2D eigenvalue weighted by atomic mass is 10.1. The summed E-state index contributed by atoms with van der Waals surface area (Å²) in [6.07, 6.45) is 4.64. The highest BCUT2D eigenvalue weighted by molar-refractivity contribution is 6.08. The molecule has 3 heterocycles. The van der Waals surface area contributed by atoms with E-state index in [0.717, 1.165) is 17.7 Å². The van der Waals surface area contributed by atoms with Crippen LogP contribution >= 0.6 is 0 Å². The Bertz CT molecular complexity index is 936. The van der Waals surface area contributed by atoms with E-state index in [1.807, 2.05) is 25.1 Å². The van der Waals surface area contributed by atoms with E-state index in [-0.39, 0.29) is 11.7 Å². The number of amides is 1. The van der Waals surface area contributed by atoms with E-state index in [2.05, 4.69) is 10.1 Å². The van der Waals surface area contributed by atoms with Gasteiger partial charge in [0.2, 0.25) is 0 Å². The first-order valence-electron chi connectivity index (χ1n) is 8.27. The molecule has 1 aromatic carbocycles. The zero-order valence-corrected chi connectivity index (χ0v) is 13.8. The number of hydrogen-bond donors (Lipinski definition) is 0. The standard InChI is InChI=1S/C19H17FN4O/c1-2-16-15(12-22-24(16)18-5-3-4-9-21-18)19(25)23-10-8-13-6-7-14(20)11-17(13)23/h3-7,9,11-12H,2,8,10H2,1H3. The molecule has 126 valence electrons. The highest BCUT2D eigenvalue weighted by Gasteiger charge is 2.29. The highest BCUT2D eigenvalue weighted by Crippen LogP contribution is 2.30. The fourth-order valence-electron chi connectivity index (χ4n) is 3.28. The van der Waals surface area contributed by atoms with Crippen LogP contribution in [0, 0.1) is 5.82 Å². The Kier molecular flexibility index (Phi) is 3.80. The number of rotatable bonds is 3. The highest BCUT2D eigenvalue weighted by atomic mass is 19.1. The summed E-state index contributed by atoms with van der Waals surface area (Å²) in [4.78, 5) is 19.0. The van der Waals surface area contributed by atoms with Crippen LogP contribution in [0.15, 0.2) is 48.8 Å². The molecule has 6 heteroatoms. The van der Waals surface area contributed by atoms with Gasteiger partial charge in [0.05, 0.1) is 23.1 Å². The van der Waals surface area contributed by atoms with Crippen molar-refractivity contribution >= 4 is 11.6 Å². The summed E-state index contributed by atoms with van der Waals surface area (Å²) in [7, 11) is 0. The third-order valence-corrected chi connectivity index (χ3v) is 4.49. The van der Waals surface area contributed by atoms with Crippen molar-refractivity contribution in [2.45, 2.75) is 19.8 Å². The van der Waals surface area contributed by atoms with Gasteiger partial charge in [0.15, 0.2) is 5.82 Å². The Hall–Kier alpha value is -3.02. The Balaban J connectivity index is 1.73. The smallest absolute Gasteiger partial charge is 0.261 e. The maximum Gasteiger partial charge on any atom is 0.261 e. The molecule has 0 N–H and O–H groups in total. The molecule has 1 aliphatic heterocycles. The lowest BCUT2D eigenvalue weighted by Gasteiger charge is -2.17. The Morgan fingerprint density at radius 2 is 2.16 bits per heavy atom. The van der Waals surface area contributed by atoms with Gasteiger partial charge in [0.1, 0.15) is 5.82 Å². The number of pyridine rings is 1. The Morgan fingerprint density at radius 1 is 1.28 bits per heavy atom. The van der Waals surface area contributed by atoms with Gasteiger partial charge < -0.3 is 4.90 Å². The maximum atomic E-state index is 13.6. The molecule has 0 atom stereocenters. The molecule has 1 amide bonds. The second kappa shape index (κ2) is 6.12. The van der Waals surface area contributed by atoms with Crippen LogP contribution in [0.2, 0.25) is 0 Å². The van der Waals surface area contributed by atoms with Gasteiger partial charge in [-0.3, -0.25) is 4.79 Å². The van der Waals surface area contributed by atoms with Crippen molar-refractivity contribution in [3.63, 3.8) is 0 Å². The normalized spacial score (nSPS) is 13.1. The van der Waals surface area contributed by atoms with Crippen LogP contribution in [0.25, 0.3) is 5.82 Å². The van der Waals surface area contributed by atoms with Crippen LogP contribution in [0.5, 0.6) is 0 Å². The van der Waals surface area contributed by atoms with Gasteiger partial charge in [-0.1, -0.05) is 19.1 Å². The number of halogens is 1. The van der Waals surface area contributed by atoms with Crippen molar-refractivity contribution in [2.24, 2.45) is 0 Å². The summed E-state index contributed by atoms with van der Waals surface area (Å²) < 4.78 is 15.3. The van der Waals surface area contributed by atoms with Gasteiger partial charge in [0.25, 0.3) is 5.91 Å². The third-order valence-electron chi connectivity index (χ3n) is 4.49. The molecule has 1 aliphatic rings. The topological polar surface area (TPSA) is 51.0 Å². The lowest BCUT2D eigenvalue weighted by molar-refractivity contribution is 0.0988. The predicted octanol–water partition coefficient (Wildman–Crippen LogP) is 3.17. The molecule has 0 fully saturated rings. The number of carbonyl (C=O) groups excluding carboxylic acids is 1. The van der Waals surface area contributed by atoms with Crippen molar-refractivity contribution in [1.29, 1.82) is 0 Å². The minimum absolute atomic E-state index is 0.150. The second-order valence-electron chi connectivity index (χ2n) is 5.94. The van der Waals surface area contributed by atoms with E-state index in [1.54, 1.807) is 28.0 Å². The van der Waals surface area contributed by atoms with Crippen molar-refractivity contribution in [1.82, 2.24) is 14.8 Å². The number of benzene rings is 1. The minimum atomic E-state index is -0.335. The van der Waals surface area contributed by atoms with Crippen molar-refractivity contribution < 1.29 is 9.18 Å². The van der Waals surface area contributed by atoms with Gasteiger partial charge >= 0.3 is 0 Å². The predicted molar refractivity (Wildman–Crippen MR) is 92.5 cm³/mol. The molecule has 5 nitrogen and oxygen atoms in total. The zero-order chi connectivity index (χ0) is 17.4. The van der Waals surface area contributed by atoms with Crippen LogP contribution in [0.3, 0.4) is 0 Å². The van der Waals surface area contributed by atoms with Gasteiger partial charge in [-0.05, 0) is 42.7 Å². The Morgan fingerprint density at radius 3 is 2.92 bits per heavy atom. The largest absolute Gasteiger partial charge is 0.308 e. The quantitative estimate of drug-likeness (QED) is 0.738. The van der Waals surface area contributed by atoms with E-state index in [1.165, 1.54) is 12.1 Å². The summed E-state index contributed by atoms with van der Waals surface area (Å²) in [5, 5.41) is 4.36. The average Bonchev–Trinajstić information content (AvgIpc) is 3.25. The molecule has 0 radical (unpaired) electrons. The van der Waals surface area contributed by atoms with Crippen molar-refractivity contribution in [3.8, 4) is 5.82 Å². The van der Waals surface area contributed by atoms with Gasteiger partial charge in [-0.25, -0.2) is 14.1 Å². The van der Waals surface area contributed by atoms with Crippen LogP contribution in [-0.4, -0.2) is 27.2 Å². The molecule has 0 spiro atoms. The average molecular weight is 336 g/mol. The van der Waals surface area contributed by atoms with Crippen LogP contribution in [0.1, 0.15) is 28.5 Å². The molecule has 2 aromatic heterocycles. The number of fused-ring (bicyclic) bond motifs is 1. The second-order valence-corrected chi connectivity index (χ2v) is 5.94. The van der Waals surface area contributed by atoms with Gasteiger partial charge in [-0.2, -0.15) is 5.10 Å². The van der Waals surface area contributed by atoms with E-state index >= 15 is 0 Å². The van der Waals surface area contributed by atoms with E-state index < -0.39 is 0 Å². The summed E-state index contributed by atoms with van der Waals surface area (Å²) >= 11 is 0. The molecular weight excluding hydrogens is 319 g/mol. The fourth-order valence-corrected chi connectivity index (χ4v) is 3.28. The molecule has 0 saturated carbocycles. The molecular formula is C19H17FN4O. The van der Waals surface area contributed by atoms with Crippen molar-refractivity contribution in [3.05, 3.63) is 71.4 Å². The van der Waals surface area contributed by atoms with Crippen LogP contribution < -0.4 is 4.90 Å². The number of aromatic nitrogens is 3. The van der Waals surface area contributed by atoms with Crippen LogP contribution in [-0.2, 0) is 12.8 Å². The zero-order valence-electron chi connectivity index (χ0n) is 13.8. The summed E-state index contributed by atoms with van der Waals surface area (Å²) in [5.41, 5.74) is 2.97. The van der Waals surface area contributed by atoms with Gasteiger partial charge in [-0.15, -0.1) is 0 Å². The maximum absolute atomic E-state index is 13.6. The number of anilines is 1. The number of nitrogens with zero attached hydrogens (tertiary/aromatic N) is 4. The van der Waals surface area contributed by atoms with Gasteiger partial charge in [0, 0.05) is 12.7 Å². The monoisotopic (exact) mass is 336 g/mol. The SMILES string of the molecule is CCc1c(C(=O)N2CCc3ccc(F)cc32)cnn1-c1ccccn1. The first kappa shape index (κ1) is 15.5. The molecule has 0 saturated heterocycles. The summed E-state index contributed by atoms with van der Waals surface area (Å²) in [6.45, 7) is 2.53. The first-order chi connectivity index (χ1) is 12.2. The molecule has 3 aromatic rings. The lowest BCUT2D eigenvalue weighted by Crippen LogP contribution is -2.29. The molecule has 0 bridgehead atoms.